The Labute approximate surface area is 133 Å². The van der Waals surface area contributed by atoms with E-state index < -0.39 is 40.4 Å². The Balaban J connectivity index is 2.03. The van der Waals surface area contributed by atoms with E-state index >= 15 is 0 Å². The highest BCUT2D eigenvalue weighted by Gasteiger charge is 2.19. The number of hydrogen-bond donors (Lipinski definition) is 1. The van der Waals surface area contributed by atoms with Crippen LogP contribution in [0, 0.1) is 21.7 Å². The molecule has 0 spiro atoms. The van der Waals surface area contributed by atoms with Crippen molar-refractivity contribution in [1.82, 2.24) is 0 Å². The number of anilines is 1. The number of amides is 1. The topological polar surface area (TPSA) is 81.5 Å². The minimum atomic E-state index is -1.33. The van der Waals surface area contributed by atoms with Crippen molar-refractivity contribution in [1.29, 1.82) is 0 Å². The maximum atomic E-state index is 13.5. The Hall–Kier alpha value is -2.74. The number of hydrogen-bond acceptors (Lipinski definition) is 4. The summed E-state index contributed by atoms with van der Waals surface area (Å²) in [4.78, 5) is 21.3. The highest BCUT2D eigenvalue weighted by molar-refractivity contribution is 6.30. The standard InChI is InChI=1S/C14H9ClF2N2O4/c15-8-1-3-9(4-2-8)23-7-14(20)18-12-6-13(19(21)22)11(17)5-10(12)16/h1-6H,7H2,(H,18,20). The molecule has 0 aliphatic heterocycles. The third-order valence-electron chi connectivity index (χ3n) is 2.69. The van der Waals surface area contributed by atoms with Crippen LogP contribution in [0.2, 0.25) is 5.02 Å². The zero-order valence-electron chi connectivity index (χ0n) is 11.4. The number of halogens is 3. The van der Waals surface area contributed by atoms with Crippen molar-refractivity contribution in [2.24, 2.45) is 0 Å². The summed E-state index contributed by atoms with van der Waals surface area (Å²) in [7, 11) is 0. The fourth-order valence-corrected chi connectivity index (χ4v) is 1.77. The molecule has 1 N–H and O–H groups in total. The summed E-state index contributed by atoms with van der Waals surface area (Å²) in [5, 5.41) is 13.2. The lowest BCUT2D eigenvalue weighted by molar-refractivity contribution is -0.387. The highest BCUT2D eigenvalue weighted by atomic mass is 35.5. The molecule has 1 amide bonds. The molecule has 0 heterocycles. The van der Waals surface area contributed by atoms with Gasteiger partial charge in [0, 0.05) is 17.2 Å². The van der Waals surface area contributed by atoms with E-state index in [0.29, 0.717) is 22.9 Å². The molecule has 6 nitrogen and oxygen atoms in total. The van der Waals surface area contributed by atoms with Crippen LogP contribution >= 0.6 is 11.6 Å². The predicted molar refractivity (Wildman–Crippen MR) is 78.6 cm³/mol. The Morgan fingerprint density at radius 3 is 2.48 bits per heavy atom. The lowest BCUT2D eigenvalue weighted by Crippen LogP contribution is -2.21. The Bertz CT molecular complexity index is 753. The van der Waals surface area contributed by atoms with E-state index in [1.807, 2.05) is 0 Å². The first-order valence-electron chi connectivity index (χ1n) is 6.18. The second kappa shape index (κ2) is 7.01. The smallest absolute Gasteiger partial charge is 0.307 e. The van der Waals surface area contributed by atoms with E-state index in [2.05, 4.69) is 5.32 Å². The summed E-state index contributed by atoms with van der Waals surface area (Å²) >= 11 is 5.69. The summed E-state index contributed by atoms with van der Waals surface area (Å²) < 4.78 is 31.9. The number of carbonyl (C=O) groups excluding carboxylic acids is 1. The van der Waals surface area contributed by atoms with E-state index in [0.717, 1.165) is 0 Å². The average Bonchev–Trinajstić information content (AvgIpc) is 2.49. The molecule has 0 saturated carbocycles. The van der Waals surface area contributed by atoms with Crippen LogP contribution < -0.4 is 10.1 Å². The maximum Gasteiger partial charge on any atom is 0.307 e. The van der Waals surface area contributed by atoms with Crippen LogP contribution in [0.5, 0.6) is 5.75 Å². The van der Waals surface area contributed by atoms with Crippen molar-refractivity contribution < 1.29 is 23.2 Å². The minimum absolute atomic E-state index is 0.327. The number of nitrogens with zero attached hydrogens (tertiary/aromatic N) is 1. The molecular formula is C14H9ClF2N2O4. The van der Waals surface area contributed by atoms with Gasteiger partial charge in [-0.2, -0.15) is 4.39 Å². The number of nitro benzene ring substituents is 1. The lowest BCUT2D eigenvalue weighted by atomic mass is 10.2. The Kier molecular flexibility index (Phi) is 5.07. The van der Waals surface area contributed by atoms with Crippen LogP contribution in [0.1, 0.15) is 0 Å². The molecule has 0 unspecified atom stereocenters. The van der Waals surface area contributed by atoms with Crippen molar-refractivity contribution in [2.75, 3.05) is 11.9 Å². The number of carbonyl (C=O) groups is 1. The third kappa shape index (κ3) is 4.36. The molecule has 0 atom stereocenters. The second-order valence-corrected chi connectivity index (χ2v) is 4.77. The van der Waals surface area contributed by atoms with Gasteiger partial charge in [-0.05, 0) is 24.3 Å². The number of benzene rings is 2. The SMILES string of the molecule is O=C(COc1ccc(Cl)cc1)Nc1cc([N+](=O)[O-])c(F)cc1F. The molecule has 2 rings (SSSR count). The largest absolute Gasteiger partial charge is 0.484 e. The highest BCUT2D eigenvalue weighted by Crippen LogP contribution is 2.25. The molecule has 120 valence electrons. The number of nitro groups is 1. The van der Waals surface area contributed by atoms with E-state index in [1.165, 1.54) is 12.1 Å². The fourth-order valence-electron chi connectivity index (χ4n) is 1.64. The molecule has 0 bridgehead atoms. The van der Waals surface area contributed by atoms with Crippen LogP contribution in [0.25, 0.3) is 0 Å². The van der Waals surface area contributed by atoms with E-state index in [4.69, 9.17) is 16.3 Å². The van der Waals surface area contributed by atoms with Crippen molar-refractivity contribution in [3.63, 3.8) is 0 Å². The van der Waals surface area contributed by atoms with Gasteiger partial charge in [0.1, 0.15) is 11.6 Å². The summed E-state index contributed by atoms with van der Waals surface area (Å²) in [6.45, 7) is -0.466. The Morgan fingerprint density at radius 1 is 1.22 bits per heavy atom. The van der Waals surface area contributed by atoms with Gasteiger partial charge in [-0.3, -0.25) is 14.9 Å². The van der Waals surface area contributed by atoms with Gasteiger partial charge in [0.05, 0.1) is 10.6 Å². The van der Waals surface area contributed by atoms with Crippen LogP contribution in [0.3, 0.4) is 0 Å². The first-order chi connectivity index (χ1) is 10.9. The Morgan fingerprint density at radius 2 is 1.87 bits per heavy atom. The molecule has 23 heavy (non-hydrogen) atoms. The van der Waals surface area contributed by atoms with E-state index in [9.17, 15) is 23.7 Å². The summed E-state index contributed by atoms with van der Waals surface area (Å²) in [6, 6.07) is 7.09. The molecule has 2 aromatic carbocycles. The first-order valence-corrected chi connectivity index (χ1v) is 6.56. The van der Waals surface area contributed by atoms with Gasteiger partial charge in [0.2, 0.25) is 5.82 Å². The van der Waals surface area contributed by atoms with Gasteiger partial charge in [-0.25, -0.2) is 4.39 Å². The second-order valence-electron chi connectivity index (χ2n) is 4.33. The average molecular weight is 343 g/mol. The van der Waals surface area contributed by atoms with Crippen molar-refractivity contribution in [3.8, 4) is 5.75 Å². The molecule has 0 fully saturated rings. The van der Waals surface area contributed by atoms with Gasteiger partial charge in [-0.15, -0.1) is 0 Å². The monoisotopic (exact) mass is 342 g/mol. The van der Waals surface area contributed by atoms with Gasteiger partial charge in [-0.1, -0.05) is 11.6 Å². The number of rotatable bonds is 5. The van der Waals surface area contributed by atoms with Gasteiger partial charge >= 0.3 is 5.69 Å². The normalized spacial score (nSPS) is 10.2. The quantitative estimate of drug-likeness (QED) is 0.665. The molecule has 0 radical (unpaired) electrons. The summed E-state index contributed by atoms with van der Waals surface area (Å²) in [5.74, 6) is -2.87. The van der Waals surface area contributed by atoms with Gasteiger partial charge < -0.3 is 10.1 Å². The molecule has 0 saturated heterocycles. The molecular weight excluding hydrogens is 334 g/mol. The molecule has 9 heteroatoms. The first kappa shape index (κ1) is 16.6. The van der Waals surface area contributed by atoms with Crippen LogP contribution in [0.15, 0.2) is 36.4 Å². The molecule has 0 aromatic heterocycles. The zero-order valence-corrected chi connectivity index (χ0v) is 12.1. The van der Waals surface area contributed by atoms with E-state index in [1.54, 1.807) is 12.1 Å². The number of ether oxygens (including phenoxy) is 1. The van der Waals surface area contributed by atoms with Crippen LogP contribution in [-0.4, -0.2) is 17.4 Å². The maximum absolute atomic E-state index is 13.5. The zero-order chi connectivity index (χ0) is 17.0. The minimum Gasteiger partial charge on any atom is -0.484 e. The molecule has 0 aliphatic rings. The number of nitrogens with one attached hydrogen (secondary N) is 1. The summed E-state index contributed by atoms with van der Waals surface area (Å²) in [6.07, 6.45) is 0. The molecule has 2 aromatic rings. The third-order valence-corrected chi connectivity index (χ3v) is 2.94. The van der Waals surface area contributed by atoms with Crippen LogP contribution in [0.4, 0.5) is 20.2 Å². The van der Waals surface area contributed by atoms with Crippen molar-refractivity contribution >= 4 is 28.9 Å². The lowest BCUT2D eigenvalue weighted by Gasteiger charge is -2.08. The van der Waals surface area contributed by atoms with Crippen molar-refractivity contribution in [2.45, 2.75) is 0 Å². The summed E-state index contributed by atoms with van der Waals surface area (Å²) in [5.41, 5.74) is -1.46. The predicted octanol–water partition coefficient (Wildman–Crippen LogP) is 3.54. The van der Waals surface area contributed by atoms with Crippen molar-refractivity contribution in [3.05, 3.63) is 63.2 Å². The van der Waals surface area contributed by atoms with E-state index in [-0.39, 0.29) is 0 Å². The van der Waals surface area contributed by atoms with Gasteiger partial charge in [0.15, 0.2) is 6.61 Å². The van der Waals surface area contributed by atoms with Gasteiger partial charge in [0.25, 0.3) is 5.91 Å². The van der Waals surface area contributed by atoms with Crippen LogP contribution in [-0.2, 0) is 4.79 Å². The molecule has 0 aliphatic carbocycles. The fraction of sp³-hybridized carbons (Fsp3) is 0.0714.